The van der Waals surface area contributed by atoms with Crippen molar-refractivity contribution >= 4 is 11.7 Å². The molecule has 0 aliphatic carbocycles. The minimum atomic E-state index is 0.0165. The van der Waals surface area contributed by atoms with Gasteiger partial charge in [-0.05, 0) is 37.5 Å². The van der Waals surface area contributed by atoms with Gasteiger partial charge in [0, 0.05) is 31.0 Å². The van der Waals surface area contributed by atoms with Crippen molar-refractivity contribution in [3.05, 3.63) is 34.9 Å². The summed E-state index contributed by atoms with van der Waals surface area (Å²) in [6, 6.07) is 5.81. The molecule has 2 rings (SSSR count). The quantitative estimate of drug-likeness (QED) is 0.819. The third kappa shape index (κ3) is 2.70. The van der Waals surface area contributed by atoms with Gasteiger partial charge in [0.1, 0.15) is 5.78 Å². The maximum Gasteiger partial charge on any atom is 0.254 e. The van der Waals surface area contributed by atoms with Crippen molar-refractivity contribution in [2.75, 3.05) is 13.1 Å². The van der Waals surface area contributed by atoms with Gasteiger partial charge in [0.2, 0.25) is 0 Å². The Bertz CT molecular complexity index is 507. The Morgan fingerprint density at radius 3 is 2.79 bits per heavy atom. The van der Waals surface area contributed by atoms with Crippen LogP contribution in [0, 0.1) is 19.8 Å². The van der Waals surface area contributed by atoms with Crippen LogP contribution < -0.4 is 0 Å². The van der Waals surface area contributed by atoms with Crippen LogP contribution in [0.25, 0.3) is 0 Å². The fraction of sp³-hybridized carbons (Fsp3) is 0.500. The van der Waals surface area contributed by atoms with Crippen molar-refractivity contribution in [3.8, 4) is 0 Å². The van der Waals surface area contributed by atoms with E-state index in [0.717, 1.165) is 23.1 Å². The van der Waals surface area contributed by atoms with Crippen LogP contribution in [0.4, 0.5) is 0 Å². The first kappa shape index (κ1) is 13.8. The molecular formula is C16H21NO2. The monoisotopic (exact) mass is 259 g/mol. The summed E-state index contributed by atoms with van der Waals surface area (Å²) in [7, 11) is 0. The summed E-state index contributed by atoms with van der Waals surface area (Å²) >= 11 is 0. The first-order valence-corrected chi connectivity index (χ1v) is 6.92. The summed E-state index contributed by atoms with van der Waals surface area (Å²) in [6.45, 7) is 7.13. The number of carbonyl (C=O) groups is 2. The second kappa shape index (κ2) is 5.55. The summed E-state index contributed by atoms with van der Waals surface area (Å²) in [5, 5.41) is 0. The molecule has 1 aromatic rings. The third-order valence-corrected chi connectivity index (χ3v) is 4.14. The van der Waals surface area contributed by atoms with E-state index < -0.39 is 0 Å². The van der Waals surface area contributed by atoms with Crippen molar-refractivity contribution in [2.24, 2.45) is 5.92 Å². The number of aryl methyl sites for hydroxylation is 1. The Morgan fingerprint density at radius 2 is 2.11 bits per heavy atom. The van der Waals surface area contributed by atoms with E-state index >= 15 is 0 Å². The number of likely N-dealkylation sites (tertiary alicyclic amines) is 1. The van der Waals surface area contributed by atoms with Crippen LogP contribution in [0.5, 0.6) is 0 Å². The molecule has 3 nitrogen and oxygen atoms in total. The molecule has 1 amide bonds. The van der Waals surface area contributed by atoms with Crippen molar-refractivity contribution in [1.82, 2.24) is 4.90 Å². The molecule has 0 aromatic heterocycles. The Labute approximate surface area is 114 Å². The second-order valence-corrected chi connectivity index (χ2v) is 5.32. The molecule has 3 heteroatoms. The number of nitrogens with zero attached hydrogens (tertiary/aromatic N) is 1. The van der Waals surface area contributed by atoms with Gasteiger partial charge in [-0.3, -0.25) is 9.59 Å². The lowest BCUT2D eigenvalue weighted by Crippen LogP contribution is -2.44. The minimum Gasteiger partial charge on any atom is -0.337 e. The molecule has 1 heterocycles. The zero-order valence-electron chi connectivity index (χ0n) is 11.9. The predicted molar refractivity (Wildman–Crippen MR) is 75.2 cm³/mol. The molecule has 1 aromatic carbocycles. The van der Waals surface area contributed by atoms with Crippen LogP contribution in [0.3, 0.4) is 0 Å². The van der Waals surface area contributed by atoms with Crippen molar-refractivity contribution < 1.29 is 9.59 Å². The molecule has 1 saturated heterocycles. The van der Waals surface area contributed by atoms with E-state index in [1.54, 1.807) is 0 Å². The van der Waals surface area contributed by atoms with Crippen LogP contribution in [-0.4, -0.2) is 29.7 Å². The number of rotatable bonds is 2. The van der Waals surface area contributed by atoms with E-state index in [0.29, 0.717) is 25.3 Å². The number of Topliss-reactive ketones (excluding diaryl/α,β-unsaturated/α-hetero) is 1. The standard InChI is InChI=1S/C16H21NO2/c1-4-13-10-17(9-8-15(13)18)16(19)14-7-5-6-11(2)12(14)3/h5-7,13H,4,8-10H2,1-3H3. The minimum absolute atomic E-state index is 0.0165. The molecule has 0 saturated carbocycles. The molecule has 1 fully saturated rings. The van der Waals surface area contributed by atoms with Crippen LogP contribution in [-0.2, 0) is 4.79 Å². The summed E-state index contributed by atoms with van der Waals surface area (Å²) in [4.78, 5) is 26.1. The Balaban J connectivity index is 2.20. The highest BCUT2D eigenvalue weighted by Gasteiger charge is 2.29. The van der Waals surface area contributed by atoms with Gasteiger partial charge < -0.3 is 4.90 Å². The molecule has 1 aliphatic heterocycles. The smallest absolute Gasteiger partial charge is 0.254 e. The highest BCUT2D eigenvalue weighted by Crippen LogP contribution is 2.20. The van der Waals surface area contributed by atoms with Gasteiger partial charge in [-0.1, -0.05) is 19.1 Å². The van der Waals surface area contributed by atoms with Gasteiger partial charge >= 0.3 is 0 Å². The van der Waals surface area contributed by atoms with E-state index in [-0.39, 0.29) is 11.8 Å². The molecule has 0 radical (unpaired) electrons. The van der Waals surface area contributed by atoms with Crippen molar-refractivity contribution in [2.45, 2.75) is 33.6 Å². The number of piperidine rings is 1. The average Bonchev–Trinajstić information content (AvgIpc) is 2.41. The molecular weight excluding hydrogens is 238 g/mol. The van der Waals surface area contributed by atoms with E-state index in [2.05, 4.69) is 0 Å². The Morgan fingerprint density at radius 1 is 1.37 bits per heavy atom. The number of benzene rings is 1. The number of hydrogen-bond donors (Lipinski definition) is 0. The summed E-state index contributed by atoms with van der Waals surface area (Å²) in [5.41, 5.74) is 2.94. The fourth-order valence-corrected chi connectivity index (χ4v) is 2.60. The number of carbonyl (C=O) groups excluding carboxylic acids is 2. The molecule has 19 heavy (non-hydrogen) atoms. The van der Waals surface area contributed by atoms with Gasteiger partial charge in [0.25, 0.3) is 5.91 Å². The maximum atomic E-state index is 12.6. The van der Waals surface area contributed by atoms with E-state index in [4.69, 9.17) is 0 Å². The van der Waals surface area contributed by atoms with E-state index in [9.17, 15) is 9.59 Å². The molecule has 1 aliphatic rings. The molecule has 0 N–H and O–H groups in total. The Kier molecular flexibility index (Phi) is 4.03. The van der Waals surface area contributed by atoms with Gasteiger partial charge in [0.05, 0.1) is 0 Å². The molecule has 1 unspecified atom stereocenters. The SMILES string of the molecule is CCC1CN(C(=O)c2cccc(C)c2C)CCC1=O. The largest absolute Gasteiger partial charge is 0.337 e. The summed E-state index contributed by atoms with van der Waals surface area (Å²) < 4.78 is 0. The summed E-state index contributed by atoms with van der Waals surface area (Å²) in [6.07, 6.45) is 1.31. The van der Waals surface area contributed by atoms with Gasteiger partial charge in [-0.15, -0.1) is 0 Å². The van der Waals surface area contributed by atoms with E-state index in [1.165, 1.54) is 0 Å². The lowest BCUT2D eigenvalue weighted by Gasteiger charge is -2.31. The number of ketones is 1. The van der Waals surface area contributed by atoms with Gasteiger partial charge in [-0.2, -0.15) is 0 Å². The molecule has 0 bridgehead atoms. The summed E-state index contributed by atoms with van der Waals surface area (Å²) in [5.74, 6) is 0.377. The van der Waals surface area contributed by atoms with E-state index in [1.807, 2.05) is 43.9 Å². The Hall–Kier alpha value is -1.64. The third-order valence-electron chi connectivity index (χ3n) is 4.14. The highest BCUT2D eigenvalue weighted by molar-refractivity contribution is 5.97. The maximum absolute atomic E-state index is 12.6. The lowest BCUT2D eigenvalue weighted by atomic mass is 9.93. The van der Waals surface area contributed by atoms with Crippen molar-refractivity contribution in [3.63, 3.8) is 0 Å². The fourth-order valence-electron chi connectivity index (χ4n) is 2.60. The molecule has 102 valence electrons. The normalized spacial score (nSPS) is 19.6. The number of amides is 1. The second-order valence-electron chi connectivity index (χ2n) is 5.32. The van der Waals surface area contributed by atoms with Crippen LogP contribution in [0.1, 0.15) is 41.3 Å². The molecule has 0 spiro atoms. The van der Waals surface area contributed by atoms with Crippen LogP contribution in [0.2, 0.25) is 0 Å². The van der Waals surface area contributed by atoms with Crippen LogP contribution >= 0.6 is 0 Å². The van der Waals surface area contributed by atoms with Crippen molar-refractivity contribution in [1.29, 1.82) is 0 Å². The predicted octanol–water partition coefficient (Wildman–Crippen LogP) is 2.74. The zero-order valence-corrected chi connectivity index (χ0v) is 11.9. The van der Waals surface area contributed by atoms with Crippen LogP contribution in [0.15, 0.2) is 18.2 Å². The van der Waals surface area contributed by atoms with Gasteiger partial charge in [0.15, 0.2) is 0 Å². The topological polar surface area (TPSA) is 37.4 Å². The first-order valence-electron chi connectivity index (χ1n) is 6.92. The highest BCUT2D eigenvalue weighted by atomic mass is 16.2. The lowest BCUT2D eigenvalue weighted by molar-refractivity contribution is -0.125. The molecule has 1 atom stereocenters. The average molecular weight is 259 g/mol. The van der Waals surface area contributed by atoms with Gasteiger partial charge in [-0.25, -0.2) is 0 Å². The zero-order chi connectivity index (χ0) is 14.0. The first-order chi connectivity index (χ1) is 9.04. The number of hydrogen-bond acceptors (Lipinski definition) is 2.